The summed E-state index contributed by atoms with van der Waals surface area (Å²) < 4.78 is 2.96. The third-order valence-corrected chi connectivity index (χ3v) is 5.97. The Kier molecular flexibility index (Phi) is 6.88. The van der Waals surface area contributed by atoms with Crippen LogP contribution in [0.4, 0.5) is 5.82 Å². The summed E-state index contributed by atoms with van der Waals surface area (Å²) in [5, 5.41) is 7.66. The smallest absolute Gasteiger partial charge is 0.272 e. The number of nitrogens with two attached hydrogens (primary N) is 1. The average molecular weight is 458 g/mol. The van der Waals surface area contributed by atoms with Gasteiger partial charge in [-0.25, -0.2) is 9.66 Å². The molecule has 1 amide bonds. The second-order valence-electron chi connectivity index (χ2n) is 7.85. The summed E-state index contributed by atoms with van der Waals surface area (Å²) in [4.78, 5) is 29.8. The molecular weight excluding hydrogens is 430 g/mol. The van der Waals surface area contributed by atoms with E-state index < -0.39 is 0 Å². The van der Waals surface area contributed by atoms with E-state index in [2.05, 4.69) is 20.8 Å². The van der Waals surface area contributed by atoms with Gasteiger partial charge in [0.1, 0.15) is 11.0 Å². The fourth-order valence-electron chi connectivity index (χ4n) is 3.61. The predicted molar refractivity (Wildman–Crippen MR) is 125 cm³/mol. The maximum atomic E-state index is 13.0. The predicted octanol–water partition coefficient (Wildman–Crippen LogP) is 2.05. The van der Waals surface area contributed by atoms with Crippen molar-refractivity contribution in [2.24, 2.45) is 7.05 Å². The van der Waals surface area contributed by atoms with Crippen LogP contribution >= 0.6 is 11.6 Å². The van der Waals surface area contributed by atoms with E-state index >= 15 is 0 Å². The molecule has 0 fully saturated rings. The number of hydrogen-bond donors (Lipinski definition) is 3. The van der Waals surface area contributed by atoms with Gasteiger partial charge in [-0.05, 0) is 56.5 Å². The lowest BCUT2D eigenvalue weighted by Gasteiger charge is -2.14. The Morgan fingerprint density at radius 3 is 2.44 bits per heavy atom. The molecule has 3 heterocycles. The van der Waals surface area contributed by atoms with Crippen LogP contribution in [0.3, 0.4) is 0 Å². The number of anilines is 1. The lowest BCUT2D eigenvalue weighted by atomic mass is 10.1. The highest BCUT2D eigenvalue weighted by Gasteiger charge is 2.15. The number of nitrogen functional groups attached to an aromatic ring is 1. The molecule has 170 valence electrons. The minimum absolute atomic E-state index is 0.0274. The summed E-state index contributed by atoms with van der Waals surface area (Å²) in [6, 6.07) is 3.57. The van der Waals surface area contributed by atoms with Crippen LogP contribution in [0.2, 0.25) is 5.15 Å². The molecule has 9 nitrogen and oxygen atoms in total. The molecule has 0 saturated heterocycles. The highest BCUT2D eigenvalue weighted by Crippen LogP contribution is 2.18. The van der Waals surface area contributed by atoms with Crippen LogP contribution in [-0.2, 0) is 31.4 Å². The van der Waals surface area contributed by atoms with Gasteiger partial charge in [-0.15, -0.1) is 0 Å². The highest BCUT2D eigenvalue weighted by molar-refractivity contribution is 6.30. The molecule has 4 N–H and O–H groups in total. The van der Waals surface area contributed by atoms with E-state index in [4.69, 9.17) is 17.3 Å². The molecule has 0 aliphatic heterocycles. The molecule has 0 aliphatic carbocycles. The summed E-state index contributed by atoms with van der Waals surface area (Å²) in [6.45, 7) is 8.10. The summed E-state index contributed by atoms with van der Waals surface area (Å²) in [7, 11) is 1.76. The van der Waals surface area contributed by atoms with Crippen LogP contribution in [0.25, 0.3) is 0 Å². The molecule has 3 aromatic heterocycles. The van der Waals surface area contributed by atoms with Gasteiger partial charge in [0, 0.05) is 36.6 Å². The normalized spacial score (nSPS) is 10.9. The Morgan fingerprint density at radius 2 is 1.81 bits per heavy atom. The first kappa shape index (κ1) is 23.3. The lowest BCUT2D eigenvalue weighted by molar-refractivity contribution is -0.120. The maximum absolute atomic E-state index is 13.0. The zero-order valence-corrected chi connectivity index (χ0v) is 19.7. The van der Waals surface area contributed by atoms with Crippen LogP contribution in [-0.4, -0.2) is 25.3 Å². The molecule has 0 atom stereocenters. The molecular formula is C22H28ClN7O2. The molecule has 10 heteroatoms. The van der Waals surface area contributed by atoms with Crippen molar-refractivity contribution in [3.05, 3.63) is 73.0 Å². The van der Waals surface area contributed by atoms with Gasteiger partial charge < -0.3 is 16.5 Å². The molecule has 0 radical (unpaired) electrons. The number of nitrogens with one attached hydrogen (secondary N) is 2. The molecule has 32 heavy (non-hydrogen) atoms. The number of hydrogen-bond acceptors (Lipinski definition) is 6. The molecule has 3 rings (SSSR count). The number of carbonyl (C=O) groups excluding carboxylic acids is 1. The Balaban J connectivity index is 1.71. The van der Waals surface area contributed by atoms with Crippen molar-refractivity contribution in [3.63, 3.8) is 0 Å². The van der Waals surface area contributed by atoms with Crippen LogP contribution in [0.15, 0.2) is 23.1 Å². The summed E-state index contributed by atoms with van der Waals surface area (Å²) in [5.41, 5.74) is 14.0. The number of aryl methyl sites for hydroxylation is 5. The van der Waals surface area contributed by atoms with Crippen molar-refractivity contribution < 1.29 is 4.79 Å². The summed E-state index contributed by atoms with van der Waals surface area (Å²) >= 11 is 6.27. The van der Waals surface area contributed by atoms with E-state index in [-0.39, 0.29) is 17.9 Å². The Hall–Kier alpha value is -3.33. The minimum atomic E-state index is -0.278. The number of aromatic nitrogens is 4. The zero-order valence-electron chi connectivity index (χ0n) is 18.9. The van der Waals surface area contributed by atoms with Crippen molar-refractivity contribution in [1.29, 1.82) is 0 Å². The topological polar surface area (TPSA) is 120 Å². The van der Waals surface area contributed by atoms with Gasteiger partial charge >= 0.3 is 0 Å². The van der Waals surface area contributed by atoms with Crippen molar-refractivity contribution in [2.45, 2.75) is 47.2 Å². The second kappa shape index (κ2) is 9.44. The Morgan fingerprint density at radius 1 is 1.09 bits per heavy atom. The van der Waals surface area contributed by atoms with Crippen molar-refractivity contribution in [3.8, 4) is 0 Å². The monoisotopic (exact) mass is 457 g/mol. The van der Waals surface area contributed by atoms with Crippen molar-refractivity contribution in [2.75, 3.05) is 11.2 Å². The Labute approximate surface area is 191 Å². The number of halogens is 1. The van der Waals surface area contributed by atoms with Crippen LogP contribution in [0.1, 0.15) is 39.2 Å². The molecule has 3 aromatic rings. The largest absolute Gasteiger partial charge is 0.384 e. The van der Waals surface area contributed by atoms with Gasteiger partial charge in [0.25, 0.3) is 5.56 Å². The van der Waals surface area contributed by atoms with E-state index in [1.54, 1.807) is 30.1 Å². The number of carbonyl (C=O) groups is 1. The number of pyridine rings is 2. The zero-order chi connectivity index (χ0) is 23.6. The molecule has 0 aliphatic rings. The number of rotatable bonds is 7. The number of amides is 1. The molecule has 0 saturated carbocycles. The van der Waals surface area contributed by atoms with E-state index in [0.29, 0.717) is 29.6 Å². The Bertz CT molecular complexity index is 1210. The first-order valence-electron chi connectivity index (χ1n) is 10.2. The first-order chi connectivity index (χ1) is 15.1. The van der Waals surface area contributed by atoms with Gasteiger partial charge in [-0.1, -0.05) is 11.6 Å². The van der Waals surface area contributed by atoms with E-state index in [1.165, 1.54) is 4.68 Å². The van der Waals surface area contributed by atoms with Crippen molar-refractivity contribution in [1.82, 2.24) is 24.8 Å². The van der Waals surface area contributed by atoms with Gasteiger partial charge in [-0.2, -0.15) is 5.10 Å². The van der Waals surface area contributed by atoms with Gasteiger partial charge in [0.2, 0.25) is 5.91 Å². The summed E-state index contributed by atoms with van der Waals surface area (Å²) in [5.74, 6) is 0.204. The third kappa shape index (κ3) is 4.94. The molecule has 0 spiro atoms. The van der Waals surface area contributed by atoms with Gasteiger partial charge in [-0.3, -0.25) is 14.3 Å². The van der Waals surface area contributed by atoms with Crippen LogP contribution < -0.4 is 22.0 Å². The molecule has 0 aromatic carbocycles. The molecule has 0 bridgehead atoms. The maximum Gasteiger partial charge on any atom is 0.272 e. The van der Waals surface area contributed by atoms with Gasteiger partial charge in [0.15, 0.2) is 0 Å². The SMILES string of the molecule is Cc1cc(N)nc(C)c1CNC(=O)Cc1c(C)ccn(NCc2c(C)nn(C)c2Cl)c1=O. The lowest BCUT2D eigenvalue weighted by Crippen LogP contribution is -2.34. The van der Waals surface area contributed by atoms with Crippen LogP contribution in [0, 0.1) is 27.7 Å². The van der Waals surface area contributed by atoms with E-state index in [9.17, 15) is 9.59 Å². The van der Waals surface area contributed by atoms with Crippen LogP contribution in [0.5, 0.6) is 0 Å². The first-order valence-corrected chi connectivity index (χ1v) is 10.6. The fourth-order valence-corrected chi connectivity index (χ4v) is 3.85. The van der Waals surface area contributed by atoms with Gasteiger partial charge in [0.05, 0.1) is 18.7 Å². The van der Waals surface area contributed by atoms with E-state index in [1.807, 2.05) is 27.7 Å². The standard InChI is InChI=1S/C22H28ClN7O2/c1-12-6-7-30(26-11-18-15(4)28-29(5)21(18)23)22(32)16(12)9-20(31)25-10-17-13(2)8-19(24)27-14(17)3/h6-8,26H,9-11H2,1-5H3,(H2,24,27)(H,25,31). The van der Waals surface area contributed by atoms with E-state index in [0.717, 1.165) is 33.6 Å². The highest BCUT2D eigenvalue weighted by atomic mass is 35.5. The minimum Gasteiger partial charge on any atom is -0.384 e. The molecule has 0 unspecified atom stereocenters. The quantitative estimate of drug-likeness (QED) is 0.499. The fraction of sp³-hybridized carbons (Fsp3) is 0.364. The summed E-state index contributed by atoms with van der Waals surface area (Å²) in [6.07, 6.45) is 1.62. The second-order valence-corrected chi connectivity index (χ2v) is 8.21. The van der Waals surface area contributed by atoms with Crippen molar-refractivity contribution >= 4 is 23.3 Å². The average Bonchev–Trinajstić information content (AvgIpc) is 2.95. The third-order valence-electron chi connectivity index (χ3n) is 5.50. The number of nitrogens with zero attached hydrogens (tertiary/aromatic N) is 4.